The van der Waals surface area contributed by atoms with Gasteiger partial charge in [-0.1, -0.05) is 12.1 Å². The summed E-state index contributed by atoms with van der Waals surface area (Å²) in [6, 6.07) is 7.43. The molecule has 0 bridgehead atoms. The van der Waals surface area contributed by atoms with Crippen LogP contribution in [0.15, 0.2) is 41.3 Å². The number of halogens is 3. The molecule has 2 N–H and O–H groups in total. The molecule has 0 radical (unpaired) electrons. The summed E-state index contributed by atoms with van der Waals surface area (Å²) in [5, 5.41) is 5.39. The molecule has 1 atom stereocenters. The summed E-state index contributed by atoms with van der Waals surface area (Å²) in [7, 11) is -3.76. The Morgan fingerprint density at radius 2 is 1.64 bits per heavy atom. The monoisotopic (exact) mass is 485 g/mol. The smallest absolute Gasteiger partial charge is 0.379 e. The summed E-state index contributed by atoms with van der Waals surface area (Å²) >= 11 is 0. The maximum absolute atomic E-state index is 13.1. The molecule has 33 heavy (non-hydrogen) atoms. The quantitative estimate of drug-likeness (QED) is 0.650. The van der Waals surface area contributed by atoms with Crippen molar-refractivity contribution < 1.29 is 31.1 Å². The first-order valence-corrected chi connectivity index (χ1v) is 11.8. The zero-order valence-corrected chi connectivity index (χ0v) is 19.3. The van der Waals surface area contributed by atoms with E-state index >= 15 is 0 Å². The molecule has 1 aliphatic heterocycles. The summed E-state index contributed by atoms with van der Waals surface area (Å²) in [5.74, 6) is -0.525. The van der Waals surface area contributed by atoms with Gasteiger partial charge in [-0.2, -0.15) is 17.5 Å². The van der Waals surface area contributed by atoms with E-state index in [9.17, 15) is 26.4 Å². The summed E-state index contributed by atoms with van der Waals surface area (Å²) < 4.78 is 72.0. The number of alkyl halides is 3. The normalized spacial score (nSPS) is 16.3. The van der Waals surface area contributed by atoms with E-state index in [-0.39, 0.29) is 34.9 Å². The van der Waals surface area contributed by atoms with Crippen LogP contribution in [0.3, 0.4) is 0 Å². The molecule has 180 valence electrons. The molecule has 11 heteroatoms. The predicted molar refractivity (Wildman–Crippen MR) is 119 cm³/mol. The van der Waals surface area contributed by atoms with Gasteiger partial charge in [0.1, 0.15) is 6.04 Å². The maximum atomic E-state index is 13.1. The standard InChI is InChI=1S/C22H26F3N3O4S/c1-14-4-6-17(12-19(14)22(23,24)25)26-16(3)21(29)27-18-7-5-15(2)20(13-18)33(30,31)28-8-10-32-11-9-28/h4-7,12-13,16,26H,8-11H2,1-3H3,(H,27,29). The molecule has 7 nitrogen and oxygen atoms in total. The highest BCUT2D eigenvalue weighted by atomic mass is 32.2. The van der Waals surface area contributed by atoms with Crippen molar-refractivity contribution in [1.82, 2.24) is 4.31 Å². The van der Waals surface area contributed by atoms with Crippen LogP contribution in [0.1, 0.15) is 23.6 Å². The number of anilines is 2. The Hall–Kier alpha value is -2.63. The Labute approximate surface area is 191 Å². The zero-order valence-electron chi connectivity index (χ0n) is 18.5. The van der Waals surface area contributed by atoms with Gasteiger partial charge in [0.15, 0.2) is 0 Å². The fourth-order valence-electron chi connectivity index (χ4n) is 3.47. The summed E-state index contributed by atoms with van der Waals surface area (Å²) in [5.41, 5.74) is 0.251. The van der Waals surface area contributed by atoms with E-state index in [0.29, 0.717) is 18.8 Å². The van der Waals surface area contributed by atoms with Crippen LogP contribution in [0.25, 0.3) is 0 Å². The molecular weight excluding hydrogens is 459 g/mol. The lowest BCUT2D eigenvalue weighted by Crippen LogP contribution is -2.40. The highest BCUT2D eigenvalue weighted by Gasteiger charge is 2.33. The number of sulfonamides is 1. The van der Waals surface area contributed by atoms with Gasteiger partial charge in [-0.25, -0.2) is 8.42 Å². The second kappa shape index (κ2) is 9.70. The number of morpholine rings is 1. The van der Waals surface area contributed by atoms with E-state index in [2.05, 4.69) is 10.6 Å². The molecule has 0 aromatic heterocycles. The average molecular weight is 486 g/mol. The number of ether oxygens (including phenoxy) is 1. The van der Waals surface area contributed by atoms with Gasteiger partial charge >= 0.3 is 6.18 Å². The molecule has 2 aromatic rings. The van der Waals surface area contributed by atoms with Crippen LogP contribution < -0.4 is 10.6 Å². The maximum Gasteiger partial charge on any atom is 0.416 e. The third-order valence-electron chi connectivity index (χ3n) is 5.36. The van der Waals surface area contributed by atoms with Crippen molar-refractivity contribution in [2.24, 2.45) is 0 Å². The molecule has 1 unspecified atom stereocenters. The van der Waals surface area contributed by atoms with Gasteiger partial charge < -0.3 is 15.4 Å². The van der Waals surface area contributed by atoms with Crippen molar-refractivity contribution in [1.29, 1.82) is 0 Å². The number of aryl methyl sites for hydroxylation is 2. The van der Waals surface area contributed by atoms with Crippen molar-refractivity contribution >= 4 is 27.3 Å². The Balaban J connectivity index is 1.75. The molecule has 1 amide bonds. The number of rotatable bonds is 6. The molecule has 1 saturated heterocycles. The Morgan fingerprint density at radius 1 is 1.03 bits per heavy atom. The summed E-state index contributed by atoms with van der Waals surface area (Å²) in [6.45, 7) is 5.65. The van der Waals surface area contributed by atoms with Crippen molar-refractivity contribution in [2.75, 3.05) is 36.9 Å². The van der Waals surface area contributed by atoms with Crippen LogP contribution >= 0.6 is 0 Å². The first-order valence-electron chi connectivity index (χ1n) is 10.3. The van der Waals surface area contributed by atoms with Crippen LogP contribution in [-0.4, -0.2) is 51.0 Å². The van der Waals surface area contributed by atoms with E-state index in [1.165, 1.54) is 36.4 Å². The molecule has 2 aromatic carbocycles. The van der Waals surface area contributed by atoms with Gasteiger partial charge in [0.25, 0.3) is 0 Å². The van der Waals surface area contributed by atoms with Gasteiger partial charge in [-0.05, 0) is 56.2 Å². The van der Waals surface area contributed by atoms with Gasteiger partial charge in [0, 0.05) is 24.5 Å². The number of hydrogen-bond donors (Lipinski definition) is 2. The van der Waals surface area contributed by atoms with Crippen LogP contribution in [0.4, 0.5) is 24.5 Å². The minimum absolute atomic E-state index is 0.0798. The number of hydrogen-bond acceptors (Lipinski definition) is 5. The van der Waals surface area contributed by atoms with Crippen molar-refractivity contribution in [3.8, 4) is 0 Å². The van der Waals surface area contributed by atoms with Crippen molar-refractivity contribution in [2.45, 2.75) is 37.9 Å². The molecule has 3 rings (SSSR count). The minimum atomic E-state index is -4.50. The zero-order chi connectivity index (χ0) is 24.4. The molecule has 1 fully saturated rings. The summed E-state index contributed by atoms with van der Waals surface area (Å²) in [4.78, 5) is 12.7. The van der Waals surface area contributed by atoms with Gasteiger partial charge in [0.2, 0.25) is 15.9 Å². The number of carbonyl (C=O) groups is 1. The summed E-state index contributed by atoms with van der Waals surface area (Å²) in [6.07, 6.45) is -4.50. The predicted octanol–water partition coefficient (Wildman–Crippen LogP) is 3.78. The van der Waals surface area contributed by atoms with Crippen LogP contribution in [0.2, 0.25) is 0 Å². The van der Waals surface area contributed by atoms with E-state index < -0.39 is 33.7 Å². The second-order valence-electron chi connectivity index (χ2n) is 7.88. The number of nitrogens with zero attached hydrogens (tertiary/aromatic N) is 1. The minimum Gasteiger partial charge on any atom is -0.379 e. The fraction of sp³-hybridized carbons (Fsp3) is 0.409. The van der Waals surface area contributed by atoms with Gasteiger partial charge in [-0.3, -0.25) is 4.79 Å². The first-order chi connectivity index (χ1) is 15.4. The number of carbonyl (C=O) groups excluding carboxylic acids is 1. The van der Waals surface area contributed by atoms with Crippen LogP contribution in [0.5, 0.6) is 0 Å². The lowest BCUT2D eigenvalue weighted by Gasteiger charge is -2.27. The molecule has 1 heterocycles. The second-order valence-corrected chi connectivity index (χ2v) is 9.79. The average Bonchev–Trinajstić information content (AvgIpc) is 2.76. The first kappa shape index (κ1) is 25.0. The lowest BCUT2D eigenvalue weighted by molar-refractivity contribution is -0.138. The van der Waals surface area contributed by atoms with Gasteiger partial charge in [0.05, 0.1) is 23.7 Å². The van der Waals surface area contributed by atoms with Crippen LogP contribution in [-0.2, 0) is 25.7 Å². The van der Waals surface area contributed by atoms with Crippen LogP contribution in [0, 0.1) is 13.8 Å². The number of benzene rings is 2. The topological polar surface area (TPSA) is 87.7 Å². The Kier molecular flexibility index (Phi) is 7.35. The molecule has 0 aliphatic carbocycles. The molecule has 0 saturated carbocycles. The highest BCUT2D eigenvalue weighted by molar-refractivity contribution is 7.89. The van der Waals surface area contributed by atoms with E-state index in [1.54, 1.807) is 19.1 Å². The van der Waals surface area contributed by atoms with Crippen molar-refractivity contribution in [3.05, 3.63) is 53.1 Å². The van der Waals surface area contributed by atoms with Crippen molar-refractivity contribution in [3.63, 3.8) is 0 Å². The van der Waals surface area contributed by atoms with E-state index in [4.69, 9.17) is 4.74 Å². The largest absolute Gasteiger partial charge is 0.416 e. The third-order valence-corrected chi connectivity index (χ3v) is 7.40. The molecule has 0 spiro atoms. The highest BCUT2D eigenvalue weighted by Crippen LogP contribution is 2.33. The number of amides is 1. The molecular formula is C22H26F3N3O4S. The lowest BCUT2D eigenvalue weighted by atomic mass is 10.1. The third kappa shape index (κ3) is 5.84. The Bertz CT molecular complexity index is 1130. The van der Waals surface area contributed by atoms with E-state index in [0.717, 1.165) is 6.07 Å². The SMILES string of the molecule is Cc1ccc(NC(C)C(=O)Nc2ccc(C)c(S(=O)(=O)N3CCOCC3)c2)cc1C(F)(F)F. The van der Waals surface area contributed by atoms with Gasteiger partial charge in [-0.15, -0.1) is 0 Å². The Morgan fingerprint density at radius 3 is 2.27 bits per heavy atom. The fourth-order valence-corrected chi connectivity index (χ4v) is 5.12. The van der Waals surface area contributed by atoms with E-state index in [1.807, 2.05) is 0 Å². The molecule has 1 aliphatic rings. The number of nitrogens with one attached hydrogen (secondary N) is 2.